The molecule has 3 nitrogen and oxygen atoms in total. The highest BCUT2D eigenvalue weighted by molar-refractivity contribution is 5.80. The van der Waals surface area contributed by atoms with Gasteiger partial charge < -0.3 is 10.0 Å². The molecule has 3 atom stereocenters. The fourth-order valence-electron chi connectivity index (χ4n) is 2.15. The first-order valence-electron chi connectivity index (χ1n) is 5.53. The third-order valence-electron chi connectivity index (χ3n) is 3.31. The Morgan fingerprint density at radius 1 is 1.64 bits per heavy atom. The number of carbonyl (C=O) groups excluding carboxylic acids is 1. The minimum absolute atomic E-state index is 0.115. The molecule has 0 radical (unpaired) electrons. The number of piperidine rings is 1. The Kier molecular flexibility index (Phi) is 3.93. The summed E-state index contributed by atoms with van der Waals surface area (Å²) in [6.07, 6.45) is 1.34. The Morgan fingerprint density at radius 2 is 2.29 bits per heavy atom. The molecule has 3 unspecified atom stereocenters. The van der Waals surface area contributed by atoms with Crippen LogP contribution in [0.5, 0.6) is 0 Å². The second-order valence-electron chi connectivity index (χ2n) is 4.39. The molecule has 14 heavy (non-hydrogen) atoms. The van der Waals surface area contributed by atoms with Gasteiger partial charge in [0, 0.05) is 13.1 Å². The third-order valence-corrected chi connectivity index (χ3v) is 3.31. The van der Waals surface area contributed by atoms with E-state index < -0.39 is 6.10 Å². The summed E-state index contributed by atoms with van der Waals surface area (Å²) in [6, 6.07) is 0. The lowest BCUT2D eigenvalue weighted by Crippen LogP contribution is -2.46. The lowest BCUT2D eigenvalue weighted by Gasteiger charge is -2.37. The van der Waals surface area contributed by atoms with Crippen molar-refractivity contribution >= 4 is 5.91 Å². The van der Waals surface area contributed by atoms with Crippen molar-refractivity contribution in [3.05, 3.63) is 0 Å². The number of aliphatic hydroxyl groups excluding tert-OH is 1. The number of carbonyl (C=O) groups is 1. The Morgan fingerprint density at radius 3 is 2.79 bits per heavy atom. The van der Waals surface area contributed by atoms with Gasteiger partial charge in [-0.1, -0.05) is 20.3 Å². The summed E-state index contributed by atoms with van der Waals surface area (Å²) < 4.78 is 0. The Hall–Kier alpha value is -0.570. The van der Waals surface area contributed by atoms with E-state index in [-0.39, 0.29) is 5.91 Å². The van der Waals surface area contributed by atoms with Gasteiger partial charge in [0.25, 0.3) is 5.91 Å². The first kappa shape index (κ1) is 11.5. The van der Waals surface area contributed by atoms with Crippen LogP contribution in [0.15, 0.2) is 0 Å². The van der Waals surface area contributed by atoms with Gasteiger partial charge in [0.05, 0.1) is 0 Å². The van der Waals surface area contributed by atoms with Crippen LogP contribution in [-0.4, -0.2) is 35.1 Å². The Balaban J connectivity index is 2.54. The predicted molar refractivity (Wildman–Crippen MR) is 55.8 cm³/mol. The lowest BCUT2D eigenvalue weighted by molar-refractivity contribution is -0.141. The summed E-state index contributed by atoms with van der Waals surface area (Å²) in [5.41, 5.74) is 0. The largest absolute Gasteiger partial charge is 0.384 e. The van der Waals surface area contributed by atoms with E-state index >= 15 is 0 Å². The maximum absolute atomic E-state index is 11.5. The molecule has 0 aromatic heterocycles. The van der Waals surface area contributed by atoms with Gasteiger partial charge >= 0.3 is 0 Å². The van der Waals surface area contributed by atoms with Gasteiger partial charge in [0.1, 0.15) is 6.10 Å². The predicted octanol–water partition coefficient (Wildman–Crippen LogP) is 1.26. The van der Waals surface area contributed by atoms with Crippen molar-refractivity contribution in [2.75, 3.05) is 13.1 Å². The van der Waals surface area contributed by atoms with Crippen LogP contribution in [0.25, 0.3) is 0 Å². The van der Waals surface area contributed by atoms with Crippen LogP contribution >= 0.6 is 0 Å². The van der Waals surface area contributed by atoms with Crippen LogP contribution in [0.2, 0.25) is 0 Å². The number of hydrogen-bond acceptors (Lipinski definition) is 2. The minimum atomic E-state index is -0.846. The molecule has 1 N–H and O–H groups in total. The molecule has 0 aromatic rings. The Bertz CT molecular complexity index is 203. The standard InChI is InChI=1S/C11H21NO2/c1-4-10-7-12(6-5-8(10)2)11(14)9(3)13/h8-10,13H,4-7H2,1-3H3. The summed E-state index contributed by atoms with van der Waals surface area (Å²) in [7, 11) is 0. The molecule has 0 aromatic carbocycles. The average Bonchev–Trinajstić information content (AvgIpc) is 2.17. The summed E-state index contributed by atoms with van der Waals surface area (Å²) in [5.74, 6) is 1.19. The van der Waals surface area contributed by atoms with E-state index in [1.165, 1.54) is 0 Å². The number of rotatable bonds is 2. The number of aliphatic hydroxyl groups is 1. The highest BCUT2D eigenvalue weighted by atomic mass is 16.3. The van der Waals surface area contributed by atoms with Crippen LogP contribution in [0.1, 0.15) is 33.6 Å². The molecule has 1 aliphatic heterocycles. The van der Waals surface area contributed by atoms with Crippen molar-refractivity contribution < 1.29 is 9.90 Å². The molecule has 1 fully saturated rings. The fourth-order valence-corrected chi connectivity index (χ4v) is 2.15. The topological polar surface area (TPSA) is 40.5 Å². The van der Waals surface area contributed by atoms with E-state index in [1.54, 1.807) is 11.8 Å². The monoisotopic (exact) mass is 199 g/mol. The smallest absolute Gasteiger partial charge is 0.251 e. The van der Waals surface area contributed by atoms with Crippen LogP contribution in [0, 0.1) is 11.8 Å². The van der Waals surface area contributed by atoms with Crippen molar-refractivity contribution in [2.45, 2.75) is 39.7 Å². The van der Waals surface area contributed by atoms with Crippen molar-refractivity contribution in [1.29, 1.82) is 0 Å². The van der Waals surface area contributed by atoms with Crippen molar-refractivity contribution in [3.8, 4) is 0 Å². The SMILES string of the molecule is CCC1CN(C(=O)C(C)O)CCC1C. The maximum atomic E-state index is 11.5. The van der Waals surface area contributed by atoms with E-state index in [4.69, 9.17) is 0 Å². The van der Waals surface area contributed by atoms with E-state index in [2.05, 4.69) is 13.8 Å². The van der Waals surface area contributed by atoms with E-state index in [0.717, 1.165) is 25.9 Å². The van der Waals surface area contributed by atoms with Crippen LogP contribution in [0.4, 0.5) is 0 Å². The normalized spacial score (nSPS) is 30.1. The van der Waals surface area contributed by atoms with Gasteiger partial charge in [-0.05, 0) is 25.2 Å². The lowest BCUT2D eigenvalue weighted by atomic mass is 9.85. The second-order valence-corrected chi connectivity index (χ2v) is 4.39. The van der Waals surface area contributed by atoms with Crippen LogP contribution < -0.4 is 0 Å². The zero-order chi connectivity index (χ0) is 10.7. The Labute approximate surface area is 86.1 Å². The molecule has 1 amide bonds. The summed E-state index contributed by atoms with van der Waals surface area (Å²) in [6.45, 7) is 7.58. The van der Waals surface area contributed by atoms with Gasteiger partial charge in [-0.15, -0.1) is 0 Å². The first-order valence-corrected chi connectivity index (χ1v) is 5.53. The van der Waals surface area contributed by atoms with Crippen LogP contribution in [-0.2, 0) is 4.79 Å². The van der Waals surface area contributed by atoms with Gasteiger partial charge in [0.2, 0.25) is 0 Å². The zero-order valence-corrected chi connectivity index (χ0v) is 9.36. The maximum Gasteiger partial charge on any atom is 0.251 e. The number of likely N-dealkylation sites (tertiary alicyclic amines) is 1. The molecular weight excluding hydrogens is 178 g/mol. The highest BCUT2D eigenvalue weighted by Crippen LogP contribution is 2.25. The van der Waals surface area contributed by atoms with Gasteiger partial charge in [-0.25, -0.2) is 0 Å². The molecule has 82 valence electrons. The van der Waals surface area contributed by atoms with Gasteiger partial charge in [-0.3, -0.25) is 4.79 Å². The highest BCUT2D eigenvalue weighted by Gasteiger charge is 2.28. The molecular formula is C11H21NO2. The number of nitrogens with zero attached hydrogens (tertiary/aromatic N) is 1. The molecule has 1 aliphatic rings. The van der Waals surface area contributed by atoms with E-state index in [0.29, 0.717) is 11.8 Å². The summed E-state index contributed by atoms with van der Waals surface area (Å²) in [5, 5.41) is 9.21. The number of hydrogen-bond donors (Lipinski definition) is 1. The van der Waals surface area contributed by atoms with E-state index in [9.17, 15) is 9.90 Å². The average molecular weight is 199 g/mol. The molecule has 1 rings (SSSR count). The summed E-state index contributed by atoms with van der Waals surface area (Å²) in [4.78, 5) is 13.3. The fraction of sp³-hybridized carbons (Fsp3) is 0.909. The van der Waals surface area contributed by atoms with Crippen LogP contribution in [0.3, 0.4) is 0 Å². The molecule has 3 heteroatoms. The molecule has 0 bridgehead atoms. The minimum Gasteiger partial charge on any atom is -0.384 e. The zero-order valence-electron chi connectivity index (χ0n) is 9.36. The molecule has 0 aliphatic carbocycles. The molecule has 0 saturated carbocycles. The summed E-state index contributed by atoms with van der Waals surface area (Å²) >= 11 is 0. The third kappa shape index (κ3) is 2.47. The molecule has 0 spiro atoms. The first-order chi connectivity index (χ1) is 6.56. The molecule has 1 saturated heterocycles. The van der Waals surface area contributed by atoms with Gasteiger partial charge in [0.15, 0.2) is 0 Å². The quantitative estimate of drug-likeness (QED) is 0.727. The van der Waals surface area contributed by atoms with Crippen molar-refractivity contribution in [1.82, 2.24) is 4.90 Å². The van der Waals surface area contributed by atoms with Crippen molar-refractivity contribution in [3.63, 3.8) is 0 Å². The van der Waals surface area contributed by atoms with E-state index in [1.807, 2.05) is 0 Å². The molecule has 1 heterocycles. The second kappa shape index (κ2) is 4.78. The van der Waals surface area contributed by atoms with Gasteiger partial charge in [-0.2, -0.15) is 0 Å². The number of amides is 1. The van der Waals surface area contributed by atoms with Crippen molar-refractivity contribution in [2.24, 2.45) is 11.8 Å².